The Labute approximate surface area is 312 Å². The number of amides is 4. The van der Waals surface area contributed by atoms with Crippen LogP contribution in [0.2, 0.25) is 0 Å². The summed E-state index contributed by atoms with van der Waals surface area (Å²) >= 11 is 1.48. The van der Waals surface area contributed by atoms with Crippen LogP contribution in [0.5, 0.6) is 5.88 Å². The Bertz CT molecular complexity index is 2000. The van der Waals surface area contributed by atoms with Gasteiger partial charge in [0, 0.05) is 12.3 Å². The van der Waals surface area contributed by atoms with Gasteiger partial charge in [0.25, 0.3) is 5.91 Å². The van der Waals surface area contributed by atoms with Crippen molar-refractivity contribution in [2.45, 2.75) is 100 Å². The van der Waals surface area contributed by atoms with Gasteiger partial charge < -0.3 is 25.0 Å². The first kappa shape index (κ1) is 36.8. The van der Waals surface area contributed by atoms with Crippen LogP contribution >= 0.6 is 11.3 Å². The number of hydrogen-bond acceptors (Lipinski definition) is 11. The molecule has 3 aromatic rings. The zero-order chi connectivity index (χ0) is 37.2. The van der Waals surface area contributed by atoms with Crippen molar-refractivity contribution in [3.8, 4) is 16.5 Å². The number of sulfonamides is 1. The fourth-order valence-corrected chi connectivity index (χ4v) is 9.09. The number of ether oxygens (including phenoxy) is 2. The van der Waals surface area contributed by atoms with Crippen molar-refractivity contribution in [1.29, 1.82) is 0 Å². The van der Waals surface area contributed by atoms with Crippen molar-refractivity contribution in [2.75, 3.05) is 13.2 Å². The van der Waals surface area contributed by atoms with Crippen LogP contribution in [-0.4, -0.2) is 89.2 Å². The second-order valence-corrected chi connectivity index (χ2v) is 17.1. The molecule has 1 aromatic carbocycles. The molecular formula is C37H44N6O8S2. The zero-order valence-electron chi connectivity index (χ0n) is 29.5. The first-order chi connectivity index (χ1) is 25.6. The maximum absolute atomic E-state index is 14.4. The van der Waals surface area contributed by atoms with Gasteiger partial charge in [0.15, 0.2) is 0 Å². The molecule has 3 N–H and O–H groups in total. The first-order valence-electron chi connectivity index (χ1n) is 18.3. The number of nitrogens with one attached hydrogen (secondary N) is 3. The smallest absolute Gasteiger partial charge is 0.407 e. The molecule has 282 valence electrons. The minimum absolute atomic E-state index is 0.0178. The average molecular weight is 765 g/mol. The van der Waals surface area contributed by atoms with Gasteiger partial charge in [-0.2, -0.15) is 0 Å². The topological polar surface area (TPSA) is 186 Å². The van der Waals surface area contributed by atoms with Crippen molar-refractivity contribution >= 4 is 56.2 Å². The third-order valence-corrected chi connectivity index (χ3v) is 12.8. The van der Waals surface area contributed by atoms with E-state index >= 15 is 0 Å². The van der Waals surface area contributed by atoms with Crippen LogP contribution in [0.15, 0.2) is 53.9 Å². The van der Waals surface area contributed by atoms with Crippen LogP contribution in [0.1, 0.15) is 71.1 Å². The minimum Gasteiger partial charge on any atom is -0.471 e. The summed E-state index contributed by atoms with van der Waals surface area (Å²) in [6.07, 6.45) is 7.42. The van der Waals surface area contributed by atoms with Crippen molar-refractivity contribution in [2.24, 2.45) is 5.92 Å². The Morgan fingerprint density at radius 1 is 1.06 bits per heavy atom. The Hall–Kier alpha value is -4.57. The third-order valence-electron chi connectivity index (χ3n) is 10.1. The largest absolute Gasteiger partial charge is 0.471 e. The Balaban J connectivity index is 1.21. The van der Waals surface area contributed by atoms with E-state index < -0.39 is 68.7 Å². The van der Waals surface area contributed by atoms with E-state index in [2.05, 4.69) is 15.4 Å². The summed E-state index contributed by atoms with van der Waals surface area (Å²) in [5, 5.41) is 6.91. The Morgan fingerprint density at radius 2 is 1.85 bits per heavy atom. The number of aromatic nitrogens is 2. The summed E-state index contributed by atoms with van der Waals surface area (Å²) in [4.78, 5) is 67.1. The highest BCUT2D eigenvalue weighted by Gasteiger charge is 2.62. The van der Waals surface area contributed by atoms with E-state index in [1.165, 1.54) is 16.2 Å². The molecule has 5 atom stereocenters. The summed E-state index contributed by atoms with van der Waals surface area (Å²) in [7, 11) is -3.89. The molecule has 0 spiro atoms. The number of allylic oxidation sites excluding steroid dienone is 1. The minimum atomic E-state index is -3.89. The summed E-state index contributed by atoms with van der Waals surface area (Å²) in [6.45, 7) is 2.04. The fourth-order valence-electron chi connectivity index (χ4n) is 7.02. The molecule has 2 aliphatic carbocycles. The predicted molar refractivity (Wildman–Crippen MR) is 197 cm³/mol. The molecule has 2 aromatic heterocycles. The summed E-state index contributed by atoms with van der Waals surface area (Å²) in [5.41, 5.74) is 0.320. The van der Waals surface area contributed by atoms with Gasteiger partial charge in [-0.25, -0.2) is 23.2 Å². The molecule has 4 heterocycles. The predicted octanol–water partition coefficient (Wildman–Crippen LogP) is 4.22. The Morgan fingerprint density at radius 3 is 2.58 bits per heavy atom. The highest BCUT2D eigenvalue weighted by atomic mass is 32.2. The van der Waals surface area contributed by atoms with Crippen LogP contribution in [0.4, 0.5) is 4.79 Å². The van der Waals surface area contributed by atoms with Gasteiger partial charge in [-0.1, -0.05) is 50.1 Å². The summed E-state index contributed by atoms with van der Waals surface area (Å²) < 4.78 is 39.7. The number of thiophene rings is 1. The maximum Gasteiger partial charge on any atom is 0.407 e. The van der Waals surface area contributed by atoms with Crippen molar-refractivity contribution < 1.29 is 37.1 Å². The molecule has 4 amide bonds. The third kappa shape index (κ3) is 8.17. The summed E-state index contributed by atoms with van der Waals surface area (Å²) in [5.74, 6) is -2.07. The molecule has 4 aliphatic rings. The summed E-state index contributed by atoms with van der Waals surface area (Å²) in [6, 6.07) is 9.13. The highest BCUT2D eigenvalue weighted by molar-refractivity contribution is 7.91. The molecule has 16 heteroatoms. The van der Waals surface area contributed by atoms with Crippen LogP contribution in [0.25, 0.3) is 21.6 Å². The first-order valence-corrected chi connectivity index (χ1v) is 20.8. The Kier molecular flexibility index (Phi) is 10.7. The van der Waals surface area contributed by atoms with Crippen LogP contribution < -0.4 is 20.1 Å². The molecule has 0 radical (unpaired) electrons. The lowest BCUT2D eigenvalue weighted by Crippen LogP contribution is -2.58. The van der Waals surface area contributed by atoms with Gasteiger partial charge in [0.05, 0.1) is 34.3 Å². The number of carbonyl (C=O) groups excluding carboxylic acids is 4. The van der Waals surface area contributed by atoms with Gasteiger partial charge in [-0.05, 0) is 68.5 Å². The van der Waals surface area contributed by atoms with Crippen molar-refractivity contribution in [3.05, 3.63) is 53.9 Å². The van der Waals surface area contributed by atoms with Gasteiger partial charge in [0.1, 0.15) is 29.4 Å². The van der Waals surface area contributed by atoms with Gasteiger partial charge in [0.2, 0.25) is 27.7 Å². The quantitative estimate of drug-likeness (QED) is 0.267. The van der Waals surface area contributed by atoms with Gasteiger partial charge >= 0.3 is 6.09 Å². The number of fused-ring (bicyclic) bond motifs is 3. The number of rotatable bonds is 9. The van der Waals surface area contributed by atoms with E-state index in [1.54, 1.807) is 0 Å². The lowest BCUT2D eigenvalue weighted by Gasteiger charge is -2.29. The van der Waals surface area contributed by atoms with Crippen LogP contribution in [0.3, 0.4) is 0 Å². The van der Waals surface area contributed by atoms with E-state index in [0.717, 1.165) is 17.7 Å². The molecule has 2 saturated carbocycles. The standard InChI is InChI=1S/C37H44N6O8S2/c1-2-18-50-36(47)40-28-14-7-5-3-4-6-11-23-21-37(23,35(46)42-53(48,49)25-16-17-25)41-32(44)29-20-24(22-43(29)34(28)45)51-33-31(30-15-10-19-52-30)38-26-12-8-9-13-27(26)39-33/h6,8-13,15,19,23-25,28-29H,2-5,7,14,16-18,20-22H2,1H3,(H,40,47)(H,41,44)(H,42,46)/b11-6-/t23?,24-,28-,29+,37-/m1/s1. The number of benzene rings is 1. The lowest BCUT2D eigenvalue weighted by atomic mass is 10.1. The van der Waals surface area contributed by atoms with E-state index in [4.69, 9.17) is 19.4 Å². The highest BCUT2D eigenvalue weighted by Crippen LogP contribution is 2.46. The molecule has 2 aliphatic heterocycles. The number of hydrogen-bond donors (Lipinski definition) is 3. The number of para-hydroxylation sites is 2. The van der Waals surface area contributed by atoms with E-state index in [1.807, 2.05) is 60.9 Å². The van der Waals surface area contributed by atoms with Gasteiger partial charge in [-0.15, -0.1) is 11.3 Å². The SMILES string of the molecule is CCCOC(=O)N[C@@H]1CCCCC/C=C\C2C[C@@]2(C(=O)NS(=O)(=O)C2CC2)NC(=O)[C@@H]2C[C@@H](Oc3nc4ccccc4nc3-c3cccs3)CN2C1=O. The van der Waals surface area contributed by atoms with Crippen molar-refractivity contribution in [1.82, 2.24) is 30.2 Å². The normalized spacial score (nSPS) is 27.0. The zero-order valence-corrected chi connectivity index (χ0v) is 31.1. The van der Waals surface area contributed by atoms with Crippen LogP contribution in [0, 0.1) is 5.92 Å². The number of alkyl carbamates (subject to hydrolysis) is 1. The molecule has 1 saturated heterocycles. The average Bonchev–Trinajstić information content (AvgIpc) is 4.01. The monoisotopic (exact) mass is 764 g/mol. The van der Waals surface area contributed by atoms with Crippen LogP contribution in [-0.2, 0) is 29.1 Å². The number of nitrogens with zero attached hydrogens (tertiary/aromatic N) is 3. The van der Waals surface area contributed by atoms with E-state index in [9.17, 15) is 27.6 Å². The van der Waals surface area contributed by atoms with Gasteiger partial charge in [-0.3, -0.25) is 19.1 Å². The second-order valence-electron chi connectivity index (χ2n) is 14.2. The molecule has 53 heavy (non-hydrogen) atoms. The van der Waals surface area contributed by atoms with Crippen molar-refractivity contribution in [3.63, 3.8) is 0 Å². The van der Waals surface area contributed by atoms with E-state index in [0.29, 0.717) is 55.3 Å². The fraction of sp³-hybridized carbons (Fsp3) is 0.514. The lowest BCUT2D eigenvalue weighted by molar-refractivity contribution is -0.141. The second kappa shape index (κ2) is 15.4. The molecule has 7 rings (SSSR count). The molecular weight excluding hydrogens is 721 g/mol. The van der Waals surface area contributed by atoms with E-state index in [-0.39, 0.29) is 31.9 Å². The molecule has 3 fully saturated rings. The number of carbonyl (C=O) groups is 4. The molecule has 1 unspecified atom stereocenters. The molecule has 14 nitrogen and oxygen atoms in total. The molecule has 0 bridgehead atoms. The maximum atomic E-state index is 14.4.